The first kappa shape index (κ1) is 17.7. The number of rotatable bonds is 6. The van der Waals surface area contributed by atoms with Gasteiger partial charge in [0.15, 0.2) is 5.76 Å². The fraction of sp³-hybridized carbons (Fsp3) is 0.143. The van der Waals surface area contributed by atoms with Gasteiger partial charge in [-0.2, -0.15) is 0 Å². The highest BCUT2D eigenvalue weighted by molar-refractivity contribution is 5.93. The van der Waals surface area contributed by atoms with Crippen LogP contribution >= 0.6 is 0 Å². The van der Waals surface area contributed by atoms with E-state index in [1.807, 2.05) is 49.4 Å². The number of aromatic nitrogens is 2. The Balaban J connectivity index is 1.45. The predicted octanol–water partition coefficient (Wildman–Crippen LogP) is 3.52. The summed E-state index contributed by atoms with van der Waals surface area (Å²) in [6.07, 6.45) is 1.47. The lowest BCUT2D eigenvalue weighted by Gasteiger charge is -2.14. The SMILES string of the molecule is CC(NC(=O)c1occc1COc1ccccc1)c1ccc2[nH]c(=O)[nH]c2c1. The molecule has 0 saturated heterocycles. The molecule has 1 unspecified atom stereocenters. The second-order valence-corrected chi connectivity index (χ2v) is 6.46. The molecule has 4 aromatic rings. The van der Waals surface area contributed by atoms with Gasteiger partial charge < -0.3 is 24.4 Å². The maximum atomic E-state index is 12.7. The third-order valence-electron chi connectivity index (χ3n) is 4.48. The fourth-order valence-electron chi connectivity index (χ4n) is 2.99. The minimum Gasteiger partial charge on any atom is -0.489 e. The van der Waals surface area contributed by atoms with Crippen LogP contribution in [0.5, 0.6) is 5.75 Å². The number of hydrogen-bond donors (Lipinski definition) is 3. The number of furan rings is 1. The number of amides is 1. The van der Waals surface area contributed by atoms with Crippen LogP contribution < -0.4 is 15.7 Å². The summed E-state index contributed by atoms with van der Waals surface area (Å²) < 4.78 is 11.1. The summed E-state index contributed by atoms with van der Waals surface area (Å²) in [5, 5.41) is 2.92. The number of hydrogen-bond acceptors (Lipinski definition) is 4. The Labute approximate surface area is 160 Å². The highest BCUT2D eigenvalue weighted by atomic mass is 16.5. The van der Waals surface area contributed by atoms with Crippen molar-refractivity contribution >= 4 is 16.9 Å². The predicted molar refractivity (Wildman–Crippen MR) is 104 cm³/mol. The van der Waals surface area contributed by atoms with E-state index >= 15 is 0 Å². The van der Waals surface area contributed by atoms with Crippen molar-refractivity contribution in [3.8, 4) is 5.75 Å². The van der Waals surface area contributed by atoms with Gasteiger partial charge in [-0.05, 0) is 42.8 Å². The van der Waals surface area contributed by atoms with Gasteiger partial charge >= 0.3 is 5.69 Å². The molecule has 3 N–H and O–H groups in total. The largest absolute Gasteiger partial charge is 0.489 e. The summed E-state index contributed by atoms with van der Waals surface area (Å²) in [6, 6.07) is 16.3. The van der Waals surface area contributed by atoms with Crippen molar-refractivity contribution in [3.05, 3.63) is 88.2 Å². The van der Waals surface area contributed by atoms with E-state index in [4.69, 9.17) is 9.15 Å². The number of imidazole rings is 1. The van der Waals surface area contributed by atoms with Crippen LogP contribution in [0.1, 0.15) is 34.6 Å². The van der Waals surface area contributed by atoms with E-state index in [1.54, 1.807) is 12.1 Å². The Bertz CT molecular complexity index is 1160. The molecular weight excluding hydrogens is 358 g/mol. The Morgan fingerprint density at radius 2 is 1.89 bits per heavy atom. The van der Waals surface area contributed by atoms with Crippen molar-refractivity contribution in [2.75, 3.05) is 0 Å². The maximum Gasteiger partial charge on any atom is 0.323 e. The molecule has 7 nitrogen and oxygen atoms in total. The monoisotopic (exact) mass is 377 g/mol. The third-order valence-corrected chi connectivity index (χ3v) is 4.48. The highest BCUT2D eigenvalue weighted by Gasteiger charge is 2.19. The average Bonchev–Trinajstić information content (AvgIpc) is 3.31. The molecule has 1 atom stereocenters. The van der Waals surface area contributed by atoms with Gasteiger partial charge in [0, 0.05) is 5.56 Å². The van der Waals surface area contributed by atoms with Crippen LogP contribution in [-0.2, 0) is 6.61 Å². The van der Waals surface area contributed by atoms with Gasteiger partial charge in [-0.3, -0.25) is 4.79 Å². The zero-order chi connectivity index (χ0) is 19.5. The molecule has 2 aromatic carbocycles. The number of benzene rings is 2. The van der Waals surface area contributed by atoms with Crippen molar-refractivity contribution in [1.29, 1.82) is 0 Å². The second-order valence-electron chi connectivity index (χ2n) is 6.46. The Morgan fingerprint density at radius 3 is 2.71 bits per heavy atom. The minimum atomic E-state index is -0.327. The molecule has 0 fully saturated rings. The first-order valence-electron chi connectivity index (χ1n) is 8.87. The number of carbonyl (C=O) groups is 1. The van der Waals surface area contributed by atoms with E-state index in [0.29, 0.717) is 11.1 Å². The summed E-state index contributed by atoms with van der Waals surface area (Å²) in [7, 11) is 0. The van der Waals surface area contributed by atoms with Crippen molar-refractivity contribution in [3.63, 3.8) is 0 Å². The first-order valence-corrected chi connectivity index (χ1v) is 8.87. The standard InChI is InChI=1S/C21H19N3O4/c1-13(14-7-8-17-18(11-14)24-21(26)23-17)22-20(25)19-15(9-10-27-19)12-28-16-5-3-2-4-6-16/h2-11,13H,12H2,1H3,(H,22,25)(H2,23,24,26). The van der Waals surface area contributed by atoms with Gasteiger partial charge in [0.05, 0.1) is 23.3 Å². The van der Waals surface area contributed by atoms with Crippen LogP contribution in [0.15, 0.2) is 70.1 Å². The quantitative estimate of drug-likeness (QED) is 0.479. The highest BCUT2D eigenvalue weighted by Crippen LogP contribution is 2.20. The number of fused-ring (bicyclic) bond motifs is 1. The Morgan fingerprint density at radius 1 is 1.11 bits per heavy atom. The molecular formula is C21H19N3O4. The van der Waals surface area contributed by atoms with Gasteiger partial charge in [-0.15, -0.1) is 0 Å². The third kappa shape index (κ3) is 3.68. The molecule has 0 spiro atoms. The van der Waals surface area contributed by atoms with Crippen molar-refractivity contribution < 1.29 is 13.9 Å². The molecule has 7 heteroatoms. The molecule has 1 amide bonds. The van der Waals surface area contributed by atoms with E-state index in [1.165, 1.54) is 6.26 Å². The minimum absolute atomic E-state index is 0.221. The van der Waals surface area contributed by atoms with E-state index in [0.717, 1.165) is 16.8 Å². The first-order chi connectivity index (χ1) is 13.6. The summed E-state index contributed by atoms with van der Waals surface area (Å²) in [5.74, 6) is 0.614. The van der Waals surface area contributed by atoms with Crippen molar-refractivity contribution in [2.24, 2.45) is 0 Å². The van der Waals surface area contributed by atoms with Crippen LogP contribution in [0.2, 0.25) is 0 Å². The van der Waals surface area contributed by atoms with Gasteiger partial charge in [0.25, 0.3) is 5.91 Å². The molecule has 0 bridgehead atoms. The topological polar surface area (TPSA) is 100 Å². The summed E-state index contributed by atoms with van der Waals surface area (Å²) in [5.41, 5.74) is 2.68. The molecule has 0 aliphatic heterocycles. The van der Waals surface area contributed by atoms with E-state index in [-0.39, 0.29) is 30.0 Å². The fourth-order valence-corrected chi connectivity index (χ4v) is 2.99. The average molecular weight is 377 g/mol. The van der Waals surface area contributed by atoms with Gasteiger partial charge in [-0.25, -0.2) is 4.79 Å². The summed E-state index contributed by atoms with van der Waals surface area (Å²) in [4.78, 5) is 29.5. The van der Waals surface area contributed by atoms with Gasteiger partial charge in [-0.1, -0.05) is 24.3 Å². The van der Waals surface area contributed by atoms with E-state index in [9.17, 15) is 9.59 Å². The maximum absolute atomic E-state index is 12.7. The molecule has 0 aliphatic carbocycles. The van der Waals surface area contributed by atoms with Crippen LogP contribution in [0.25, 0.3) is 11.0 Å². The Kier molecular flexibility index (Phi) is 4.72. The smallest absolute Gasteiger partial charge is 0.323 e. The summed E-state index contributed by atoms with van der Waals surface area (Å²) in [6.45, 7) is 2.10. The van der Waals surface area contributed by atoms with Crippen LogP contribution in [0.4, 0.5) is 0 Å². The number of nitrogens with one attached hydrogen (secondary N) is 3. The molecule has 142 valence electrons. The molecule has 0 saturated carbocycles. The number of ether oxygens (including phenoxy) is 1. The molecule has 4 rings (SSSR count). The zero-order valence-electron chi connectivity index (χ0n) is 15.2. The lowest BCUT2D eigenvalue weighted by atomic mass is 10.1. The molecule has 2 aromatic heterocycles. The normalized spacial score (nSPS) is 12.0. The molecule has 2 heterocycles. The lowest BCUT2D eigenvalue weighted by Crippen LogP contribution is -2.27. The van der Waals surface area contributed by atoms with Gasteiger partial charge in [0.2, 0.25) is 0 Å². The second kappa shape index (κ2) is 7.48. The van der Waals surface area contributed by atoms with E-state index in [2.05, 4.69) is 15.3 Å². The van der Waals surface area contributed by atoms with E-state index < -0.39 is 0 Å². The molecule has 28 heavy (non-hydrogen) atoms. The van der Waals surface area contributed by atoms with Crippen LogP contribution in [0, 0.1) is 0 Å². The lowest BCUT2D eigenvalue weighted by molar-refractivity contribution is 0.0908. The number of H-pyrrole nitrogens is 2. The molecule has 0 aliphatic rings. The molecule has 0 radical (unpaired) electrons. The van der Waals surface area contributed by atoms with Crippen molar-refractivity contribution in [2.45, 2.75) is 19.6 Å². The zero-order valence-corrected chi connectivity index (χ0v) is 15.2. The van der Waals surface area contributed by atoms with Crippen molar-refractivity contribution in [1.82, 2.24) is 15.3 Å². The van der Waals surface area contributed by atoms with Crippen LogP contribution in [0.3, 0.4) is 0 Å². The number of carbonyl (C=O) groups excluding carboxylic acids is 1. The summed E-state index contributed by atoms with van der Waals surface area (Å²) >= 11 is 0. The number of para-hydroxylation sites is 1. The van der Waals surface area contributed by atoms with Crippen LogP contribution in [-0.4, -0.2) is 15.9 Å². The van der Waals surface area contributed by atoms with Gasteiger partial charge in [0.1, 0.15) is 12.4 Å². The number of aromatic amines is 2. The Hall–Kier alpha value is -3.74.